The van der Waals surface area contributed by atoms with Gasteiger partial charge in [-0.3, -0.25) is 0 Å². The van der Waals surface area contributed by atoms with Gasteiger partial charge in [0.2, 0.25) is 0 Å². The molecular weight excluding hydrogens is 186 g/mol. The van der Waals surface area contributed by atoms with Crippen LogP contribution in [0.2, 0.25) is 0 Å². The summed E-state index contributed by atoms with van der Waals surface area (Å²) in [5.41, 5.74) is 3.39. The molecule has 0 fully saturated rings. The Morgan fingerprint density at radius 2 is 1.93 bits per heavy atom. The summed E-state index contributed by atoms with van der Waals surface area (Å²) < 4.78 is 5.58. The van der Waals surface area contributed by atoms with E-state index < -0.39 is 0 Å². The van der Waals surface area contributed by atoms with Crippen LogP contribution in [0.5, 0.6) is 5.75 Å². The van der Waals surface area contributed by atoms with Crippen LogP contribution in [0, 0.1) is 6.92 Å². The maximum absolute atomic E-state index is 5.58. The lowest BCUT2D eigenvalue weighted by Gasteiger charge is -2.08. The van der Waals surface area contributed by atoms with Crippen LogP contribution in [0.3, 0.4) is 0 Å². The van der Waals surface area contributed by atoms with Crippen molar-refractivity contribution in [1.29, 1.82) is 0 Å². The fourth-order valence-electron chi connectivity index (χ4n) is 1.63. The van der Waals surface area contributed by atoms with E-state index in [0.29, 0.717) is 6.61 Å². The van der Waals surface area contributed by atoms with Gasteiger partial charge in [0.25, 0.3) is 0 Å². The highest BCUT2D eigenvalue weighted by atomic mass is 16.5. The maximum Gasteiger partial charge on any atom is 0.128 e. The van der Waals surface area contributed by atoms with Crippen LogP contribution in [0.4, 0.5) is 0 Å². The van der Waals surface area contributed by atoms with Crippen molar-refractivity contribution in [3.63, 3.8) is 0 Å². The lowest BCUT2D eigenvalue weighted by Crippen LogP contribution is -1.93. The van der Waals surface area contributed by atoms with Gasteiger partial charge in [-0.15, -0.1) is 0 Å². The number of aromatic nitrogens is 1. The van der Waals surface area contributed by atoms with Crippen molar-refractivity contribution >= 4 is 0 Å². The van der Waals surface area contributed by atoms with E-state index >= 15 is 0 Å². The first-order valence-corrected chi connectivity index (χ1v) is 5.19. The van der Waals surface area contributed by atoms with Crippen molar-refractivity contribution in [3.8, 4) is 17.0 Å². The Balaban J connectivity index is 2.42. The Morgan fingerprint density at radius 3 is 2.60 bits per heavy atom. The summed E-state index contributed by atoms with van der Waals surface area (Å²) in [5.74, 6) is 0.932. The molecule has 0 aliphatic rings. The highest BCUT2D eigenvalue weighted by molar-refractivity contribution is 5.67. The van der Waals surface area contributed by atoms with Crippen LogP contribution < -0.4 is 4.74 Å². The summed E-state index contributed by atoms with van der Waals surface area (Å²) in [7, 11) is 0. The average molecular weight is 201 g/mol. The number of nitrogens with one attached hydrogen (secondary N) is 1. The Morgan fingerprint density at radius 1 is 1.13 bits per heavy atom. The van der Waals surface area contributed by atoms with Crippen LogP contribution in [0.25, 0.3) is 11.3 Å². The molecule has 0 aliphatic heterocycles. The molecule has 0 saturated heterocycles. The van der Waals surface area contributed by atoms with Gasteiger partial charge < -0.3 is 9.72 Å². The zero-order valence-electron chi connectivity index (χ0n) is 9.08. The molecule has 0 radical (unpaired) electrons. The third-order valence-electron chi connectivity index (χ3n) is 2.31. The molecule has 15 heavy (non-hydrogen) atoms. The zero-order chi connectivity index (χ0) is 10.7. The third-order valence-corrected chi connectivity index (χ3v) is 2.31. The van der Waals surface area contributed by atoms with Gasteiger partial charge in [-0.1, -0.05) is 12.1 Å². The lowest BCUT2D eigenvalue weighted by molar-refractivity contribution is 0.341. The second kappa shape index (κ2) is 4.22. The quantitative estimate of drug-likeness (QED) is 0.809. The topological polar surface area (TPSA) is 25.0 Å². The van der Waals surface area contributed by atoms with Crippen molar-refractivity contribution in [2.24, 2.45) is 0 Å². The van der Waals surface area contributed by atoms with Crippen molar-refractivity contribution in [3.05, 3.63) is 42.1 Å². The number of hydrogen-bond acceptors (Lipinski definition) is 1. The van der Waals surface area contributed by atoms with E-state index in [4.69, 9.17) is 4.74 Å². The highest BCUT2D eigenvalue weighted by Gasteiger charge is 2.05. The molecule has 1 heterocycles. The number of para-hydroxylation sites is 1. The Labute approximate surface area is 89.9 Å². The van der Waals surface area contributed by atoms with Gasteiger partial charge in [0.05, 0.1) is 6.61 Å². The molecule has 0 unspecified atom stereocenters. The van der Waals surface area contributed by atoms with Crippen LogP contribution in [0.15, 0.2) is 36.4 Å². The number of aryl methyl sites for hydroxylation is 1. The largest absolute Gasteiger partial charge is 0.493 e. The van der Waals surface area contributed by atoms with Gasteiger partial charge in [0.15, 0.2) is 0 Å². The fourth-order valence-corrected chi connectivity index (χ4v) is 1.63. The minimum absolute atomic E-state index is 0.691. The number of ether oxygens (including phenoxy) is 1. The molecule has 0 spiro atoms. The fraction of sp³-hybridized carbons (Fsp3) is 0.231. The number of H-pyrrole nitrogens is 1. The summed E-state index contributed by atoms with van der Waals surface area (Å²) >= 11 is 0. The third kappa shape index (κ3) is 2.04. The van der Waals surface area contributed by atoms with Crippen LogP contribution >= 0.6 is 0 Å². The van der Waals surface area contributed by atoms with Crippen molar-refractivity contribution in [1.82, 2.24) is 4.98 Å². The molecule has 78 valence electrons. The van der Waals surface area contributed by atoms with Gasteiger partial charge in [0, 0.05) is 17.0 Å². The Hall–Kier alpha value is -1.70. The van der Waals surface area contributed by atoms with E-state index in [1.807, 2.05) is 32.0 Å². The van der Waals surface area contributed by atoms with Gasteiger partial charge >= 0.3 is 0 Å². The normalized spacial score (nSPS) is 10.3. The Kier molecular flexibility index (Phi) is 2.77. The molecule has 1 aromatic carbocycles. The summed E-state index contributed by atoms with van der Waals surface area (Å²) in [6, 6.07) is 12.2. The zero-order valence-corrected chi connectivity index (χ0v) is 9.08. The molecule has 2 nitrogen and oxygen atoms in total. The van der Waals surface area contributed by atoms with Crippen molar-refractivity contribution in [2.45, 2.75) is 13.8 Å². The molecule has 2 heteroatoms. The molecule has 1 N–H and O–H groups in total. The molecular formula is C13H15NO. The first kappa shape index (κ1) is 9.84. The van der Waals surface area contributed by atoms with E-state index in [1.165, 1.54) is 0 Å². The van der Waals surface area contributed by atoms with Gasteiger partial charge in [0.1, 0.15) is 5.75 Å². The monoisotopic (exact) mass is 201 g/mol. The van der Waals surface area contributed by atoms with Gasteiger partial charge in [-0.05, 0) is 38.1 Å². The molecule has 0 aliphatic carbocycles. The molecule has 0 bridgehead atoms. The number of rotatable bonds is 3. The van der Waals surface area contributed by atoms with Gasteiger partial charge in [-0.2, -0.15) is 0 Å². The summed E-state index contributed by atoms with van der Waals surface area (Å²) in [5, 5.41) is 0. The average Bonchev–Trinajstić information content (AvgIpc) is 2.66. The van der Waals surface area contributed by atoms with Crippen LogP contribution in [-0.4, -0.2) is 11.6 Å². The minimum Gasteiger partial charge on any atom is -0.493 e. The predicted molar refractivity (Wildman–Crippen MR) is 62.1 cm³/mol. The smallest absolute Gasteiger partial charge is 0.128 e. The molecule has 0 saturated carbocycles. The maximum atomic E-state index is 5.58. The van der Waals surface area contributed by atoms with E-state index in [2.05, 4.69) is 23.2 Å². The molecule has 0 amide bonds. The van der Waals surface area contributed by atoms with E-state index in [-0.39, 0.29) is 0 Å². The minimum atomic E-state index is 0.691. The van der Waals surface area contributed by atoms with E-state index in [1.54, 1.807) is 0 Å². The molecule has 0 atom stereocenters. The van der Waals surface area contributed by atoms with Crippen molar-refractivity contribution in [2.75, 3.05) is 6.61 Å². The second-order valence-electron chi connectivity index (χ2n) is 3.48. The second-order valence-corrected chi connectivity index (χ2v) is 3.48. The molecule has 1 aromatic heterocycles. The van der Waals surface area contributed by atoms with E-state index in [9.17, 15) is 0 Å². The van der Waals surface area contributed by atoms with Crippen LogP contribution in [-0.2, 0) is 0 Å². The first-order chi connectivity index (χ1) is 7.31. The molecule has 2 rings (SSSR count). The SMILES string of the molecule is CCOc1ccccc1-c1ccc(C)[nH]1. The van der Waals surface area contributed by atoms with Gasteiger partial charge in [-0.25, -0.2) is 0 Å². The number of benzene rings is 1. The highest BCUT2D eigenvalue weighted by Crippen LogP contribution is 2.28. The summed E-state index contributed by atoms with van der Waals surface area (Å²) in [6.45, 7) is 4.74. The first-order valence-electron chi connectivity index (χ1n) is 5.19. The lowest BCUT2D eigenvalue weighted by atomic mass is 10.1. The molecule has 2 aromatic rings. The van der Waals surface area contributed by atoms with E-state index in [0.717, 1.165) is 22.7 Å². The summed E-state index contributed by atoms with van der Waals surface area (Å²) in [6.07, 6.45) is 0. The number of aromatic amines is 1. The predicted octanol–water partition coefficient (Wildman–Crippen LogP) is 3.39. The standard InChI is InChI=1S/C13H15NO/c1-3-15-13-7-5-4-6-11(13)12-9-8-10(2)14-12/h4-9,14H,3H2,1-2H3. The Bertz CT molecular complexity index is 445. The van der Waals surface area contributed by atoms with Crippen LogP contribution in [0.1, 0.15) is 12.6 Å². The summed E-state index contributed by atoms with van der Waals surface area (Å²) in [4.78, 5) is 3.31. The van der Waals surface area contributed by atoms with Crippen molar-refractivity contribution < 1.29 is 4.74 Å². The number of hydrogen-bond donors (Lipinski definition) is 1.